The highest BCUT2D eigenvalue weighted by Gasteiger charge is 2.02. The minimum atomic E-state index is 0.997. The number of aromatic nitrogens is 4. The van der Waals surface area contributed by atoms with Crippen molar-refractivity contribution in [1.29, 1.82) is 0 Å². The number of nitrogens with one attached hydrogen (secondary N) is 2. The number of aryl methyl sites for hydroxylation is 1. The Hall–Kier alpha value is -1.58. The molecular formula is C7H8N4. The van der Waals surface area contributed by atoms with Crippen molar-refractivity contribution in [2.45, 2.75) is 6.92 Å². The first-order valence-electron chi connectivity index (χ1n) is 3.36. The Kier molecular flexibility index (Phi) is 1.25. The molecule has 0 saturated carbocycles. The monoisotopic (exact) mass is 148 g/mol. The predicted molar refractivity (Wildman–Crippen MR) is 40.9 cm³/mol. The number of aromatic amines is 2. The predicted octanol–water partition coefficient (Wildman–Crippen LogP) is 1.11. The van der Waals surface area contributed by atoms with E-state index in [1.807, 2.05) is 6.92 Å². The van der Waals surface area contributed by atoms with Crippen LogP contribution in [0.1, 0.15) is 5.69 Å². The number of hydrogen-bond acceptors (Lipinski definition) is 2. The van der Waals surface area contributed by atoms with E-state index in [4.69, 9.17) is 0 Å². The average Bonchev–Trinajstić information content (AvgIpc) is 2.55. The summed E-state index contributed by atoms with van der Waals surface area (Å²) in [5.41, 5.74) is 3.12. The molecule has 4 nitrogen and oxygen atoms in total. The summed E-state index contributed by atoms with van der Waals surface area (Å²) in [6, 6.07) is 0. The van der Waals surface area contributed by atoms with E-state index < -0.39 is 0 Å². The molecule has 0 bridgehead atoms. The van der Waals surface area contributed by atoms with Gasteiger partial charge in [-0.2, -0.15) is 5.10 Å². The molecule has 0 unspecified atom stereocenters. The van der Waals surface area contributed by atoms with E-state index in [-0.39, 0.29) is 0 Å². The van der Waals surface area contributed by atoms with Gasteiger partial charge in [0.25, 0.3) is 0 Å². The molecule has 0 fully saturated rings. The van der Waals surface area contributed by atoms with Crippen molar-refractivity contribution in [1.82, 2.24) is 20.2 Å². The van der Waals surface area contributed by atoms with Gasteiger partial charge in [0.05, 0.1) is 24.4 Å². The summed E-state index contributed by atoms with van der Waals surface area (Å²) in [6.45, 7) is 1.98. The molecule has 2 aromatic heterocycles. The SMILES string of the molecule is Cc1[nH]ncc1-c1cnc[nH]1. The van der Waals surface area contributed by atoms with Gasteiger partial charge >= 0.3 is 0 Å². The lowest BCUT2D eigenvalue weighted by Gasteiger charge is -1.90. The summed E-state index contributed by atoms with van der Waals surface area (Å²) in [6.07, 6.45) is 5.21. The Balaban J connectivity index is 2.53. The summed E-state index contributed by atoms with van der Waals surface area (Å²) in [5.74, 6) is 0. The van der Waals surface area contributed by atoms with Crippen molar-refractivity contribution in [3.8, 4) is 11.3 Å². The van der Waals surface area contributed by atoms with Gasteiger partial charge in [-0.25, -0.2) is 4.98 Å². The highest BCUT2D eigenvalue weighted by atomic mass is 15.1. The fourth-order valence-electron chi connectivity index (χ4n) is 1.03. The molecule has 2 N–H and O–H groups in total. The molecule has 0 radical (unpaired) electrons. The number of imidazole rings is 1. The maximum atomic E-state index is 3.92. The fourth-order valence-corrected chi connectivity index (χ4v) is 1.03. The zero-order valence-corrected chi connectivity index (χ0v) is 6.13. The van der Waals surface area contributed by atoms with Crippen LogP contribution in [0.2, 0.25) is 0 Å². The Morgan fingerprint density at radius 1 is 1.36 bits per heavy atom. The van der Waals surface area contributed by atoms with Crippen LogP contribution >= 0.6 is 0 Å². The highest BCUT2D eigenvalue weighted by molar-refractivity contribution is 5.59. The van der Waals surface area contributed by atoms with Gasteiger partial charge in [0.1, 0.15) is 0 Å². The first-order chi connectivity index (χ1) is 5.38. The van der Waals surface area contributed by atoms with E-state index in [0.29, 0.717) is 0 Å². The molecule has 0 aliphatic rings. The van der Waals surface area contributed by atoms with Crippen LogP contribution in [0.3, 0.4) is 0 Å². The third-order valence-corrected chi connectivity index (χ3v) is 1.62. The molecule has 0 saturated heterocycles. The van der Waals surface area contributed by atoms with Gasteiger partial charge in [-0.15, -0.1) is 0 Å². The maximum absolute atomic E-state index is 3.92. The van der Waals surface area contributed by atoms with Crippen molar-refractivity contribution in [2.24, 2.45) is 0 Å². The van der Waals surface area contributed by atoms with Gasteiger partial charge in [0, 0.05) is 11.3 Å². The first kappa shape index (κ1) is 6.15. The quantitative estimate of drug-likeness (QED) is 0.636. The topological polar surface area (TPSA) is 57.4 Å². The minimum absolute atomic E-state index is 0.997. The molecule has 0 atom stereocenters. The second-order valence-electron chi connectivity index (χ2n) is 2.37. The first-order valence-corrected chi connectivity index (χ1v) is 3.36. The van der Waals surface area contributed by atoms with Crippen LogP contribution in [-0.2, 0) is 0 Å². The normalized spacial score (nSPS) is 10.3. The average molecular weight is 148 g/mol. The summed E-state index contributed by atoms with van der Waals surface area (Å²) >= 11 is 0. The van der Waals surface area contributed by atoms with Crippen molar-refractivity contribution >= 4 is 0 Å². The third kappa shape index (κ3) is 0.920. The summed E-state index contributed by atoms with van der Waals surface area (Å²) in [7, 11) is 0. The van der Waals surface area contributed by atoms with Crippen LogP contribution in [0.25, 0.3) is 11.3 Å². The van der Waals surface area contributed by atoms with Crippen molar-refractivity contribution in [2.75, 3.05) is 0 Å². The van der Waals surface area contributed by atoms with E-state index in [0.717, 1.165) is 17.0 Å². The van der Waals surface area contributed by atoms with Gasteiger partial charge in [-0.3, -0.25) is 5.10 Å². The van der Waals surface area contributed by atoms with E-state index in [2.05, 4.69) is 20.2 Å². The molecule has 0 aromatic carbocycles. The molecular weight excluding hydrogens is 140 g/mol. The van der Waals surface area contributed by atoms with Gasteiger partial charge < -0.3 is 4.98 Å². The molecule has 0 aliphatic heterocycles. The van der Waals surface area contributed by atoms with Crippen LogP contribution in [0.15, 0.2) is 18.7 Å². The summed E-state index contributed by atoms with van der Waals surface area (Å²) in [5, 5.41) is 6.76. The molecule has 0 amide bonds. The smallest absolute Gasteiger partial charge is 0.0924 e. The van der Waals surface area contributed by atoms with E-state index >= 15 is 0 Å². The molecule has 11 heavy (non-hydrogen) atoms. The van der Waals surface area contributed by atoms with E-state index in [1.165, 1.54) is 0 Å². The van der Waals surface area contributed by atoms with Gasteiger partial charge in [0.2, 0.25) is 0 Å². The molecule has 56 valence electrons. The van der Waals surface area contributed by atoms with Gasteiger partial charge in [-0.05, 0) is 6.92 Å². The second kappa shape index (κ2) is 2.23. The largest absolute Gasteiger partial charge is 0.345 e. The molecule has 4 heteroatoms. The van der Waals surface area contributed by atoms with Crippen LogP contribution in [0.4, 0.5) is 0 Å². The Morgan fingerprint density at radius 2 is 2.27 bits per heavy atom. The Morgan fingerprint density at radius 3 is 2.82 bits per heavy atom. The van der Waals surface area contributed by atoms with Crippen molar-refractivity contribution in [3.05, 3.63) is 24.4 Å². The highest BCUT2D eigenvalue weighted by Crippen LogP contribution is 2.16. The molecule has 0 spiro atoms. The standard InChI is InChI=1S/C7H8N4/c1-5-6(2-10-11-5)7-3-8-4-9-7/h2-4H,1H3,(H,8,9)(H,10,11). The van der Waals surface area contributed by atoms with Crippen LogP contribution in [0, 0.1) is 6.92 Å². The number of hydrogen-bond donors (Lipinski definition) is 2. The zero-order valence-electron chi connectivity index (χ0n) is 6.13. The molecule has 2 aromatic rings. The van der Waals surface area contributed by atoms with Crippen LogP contribution in [-0.4, -0.2) is 20.2 Å². The molecule has 2 rings (SSSR count). The van der Waals surface area contributed by atoms with Crippen molar-refractivity contribution < 1.29 is 0 Å². The Labute approximate surface area is 63.7 Å². The maximum Gasteiger partial charge on any atom is 0.0924 e. The van der Waals surface area contributed by atoms with Gasteiger partial charge in [0.15, 0.2) is 0 Å². The third-order valence-electron chi connectivity index (χ3n) is 1.62. The summed E-state index contributed by atoms with van der Waals surface area (Å²) < 4.78 is 0. The lowest BCUT2D eigenvalue weighted by molar-refractivity contribution is 1.05. The van der Waals surface area contributed by atoms with Crippen LogP contribution < -0.4 is 0 Å². The van der Waals surface area contributed by atoms with E-state index in [1.54, 1.807) is 18.7 Å². The molecule has 2 heterocycles. The van der Waals surface area contributed by atoms with Crippen molar-refractivity contribution in [3.63, 3.8) is 0 Å². The number of H-pyrrole nitrogens is 2. The van der Waals surface area contributed by atoms with Gasteiger partial charge in [-0.1, -0.05) is 0 Å². The Bertz CT molecular complexity index is 333. The number of nitrogens with zero attached hydrogens (tertiary/aromatic N) is 2. The minimum Gasteiger partial charge on any atom is -0.345 e. The second-order valence-corrected chi connectivity index (χ2v) is 2.37. The lowest BCUT2D eigenvalue weighted by atomic mass is 10.2. The fraction of sp³-hybridized carbons (Fsp3) is 0.143. The lowest BCUT2D eigenvalue weighted by Crippen LogP contribution is -1.76. The van der Waals surface area contributed by atoms with E-state index in [9.17, 15) is 0 Å². The molecule has 0 aliphatic carbocycles. The number of rotatable bonds is 1. The summed E-state index contributed by atoms with van der Waals surface area (Å²) in [4.78, 5) is 6.93. The van der Waals surface area contributed by atoms with Crippen LogP contribution in [0.5, 0.6) is 0 Å². The zero-order chi connectivity index (χ0) is 7.68.